The van der Waals surface area contributed by atoms with Crippen molar-refractivity contribution in [2.24, 2.45) is 7.05 Å². The first-order valence-corrected chi connectivity index (χ1v) is 9.57. The van der Waals surface area contributed by atoms with Gasteiger partial charge in [0.2, 0.25) is 0 Å². The first-order valence-electron chi connectivity index (χ1n) is 9.57. The second-order valence-corrected chi connectivity index (χ2v) is 8.31. The Labute approximate surface area is 168 Å². The van der Waals surface area contributed by atoms with Crippen molar-refractivity contribution in [3.8, 4) is 11.1 Å². The Hall–Kier alpha value is -3.30. The Morgan fingerprint density at radius 1 is 1.31 bits per heavy atom. The first-order chi connectivity index (χ1) is 13.7. The number of amides is 1. The molecule has 0 aromatic carbocycles. The van der Waals surface area contributed by atoms with Crippen LogP contribution >= 0.6 is 0 Å². The number of alkyl carbamates (subject to hydrolysis) is 1. The predicted molar refractivity (Wildman–Crippen MR) is 110 cm³/mol. The van der Waals surface area contributed by atoms with E-state index in [0.29, 0.717) is 18.0 Å². The molecule has 4 heterocycles. The lowest BCUT2D eigenvalue weighted by molar-refractivity contribution is 0.0509. The lowest BCUT2D eigenvalue weighted by atomic mass is 10.2. The molecule has 0 unspecified atom stereocenters. The van der Waals surface area contributed by atoms with Crippen LogP contribution in [0.4, 0.5) is 16.4 Å². The number of nitrogen functional groups attached to an aromatic ring is 1. The van der Waals surface area contributed by atoms with Gasteiger partial charge in [-0.25, -0.2) is 9.78 Å². The van der Waals surface area contributed by atoms with Gasteiger partial charge in [-0.1, -0.05) is 0 Å². The van der Waals surface area contributed by atoms with Crippen molar-refractivity contribution in [1.29, 1.82) is 0 Å². The number of hydrogen-bond donors (Lipinski definition) is 2. The van der Waals surface area contributed by atoms with Crippen LogP contribution in [-0.4, -0.2) is 55.2 Å². The SMILES string of the molecule is Cn1cc(-c2cnn3c(N)cc(N4CC[C@H](NC(=O)OC(C)(C)C)C4)nc23)cn1. The van der Waals surface area contributed by atoms with Crippen LogP contribution in [-0.2, 0) is 11.8 Å². The summed E-state index contributed by atoms with van der Waals surface area (Å²) >= 11 is 0. The van der Waals surface area contributed by atoms with Crippen molar-refractivity contribution in [1.82, 2.24) is 29.7 Å². The molecule has 3 N–H and O–H groups in total. The molecule has 10 nitrogen and oxygen atoms in total. The summed E-state index contributed by atoms with van der Waals surface area (Å²) in [4.78, 5) is 19.0. The number of aromatic nitrogens is 5. The van der Waals surface area contributed by atoms with E-state index in [-0.39, 0.29) is 6.04 Å². The monoisotopic (exact) mass is 398 g/mol. The van der Waals surface area contributed by atoms with Crippen molar-refractivity contribution >= 4 is 23.4 Å². The molecule has 1 saturated heterocycles. The topological polar surface area (TPSA) is 116 Å². The van der Waals surface area contributed by atoms with Gasteiger partial charge in [-0.2, -0.15) is 14.7 Å². The molecule has 1 amide bonds. The van der Waals surface area contributed by atoms with Gasteiger partial charge in [0.25, 0.3) is 0 Å². The van der Waals surface area contributed by atoms with E-state index in [0.717, 1.165) is 29.9 Å². The highest BCUT2D eigenvalue weighted by molar-refractivity contribution is 5.78. The summed E-state index contributed by atoms with van der Waals surface area (Å²) in [5.74, 6) is 1.26. The van der Waals surface area contributed by atoms with Crippen LogP contribution in [0.5, 0.6) is 0 Å². The zero-order chi connectivity index (χ0) is 20.8. The van der Waals surface area contributed by atoms with E-state index in [1.54, 1.807) is 21.6 Å². The zero-order valence-electron chi connectivity index (χ0n) is 17.1. The molecule has 10 heteroatoms. The standard InChI is InChI=1S/C19H26N8O2/c1-19(2,3)29-18(28)23-13-5-6-26(11-13)16-7-15(20)27-17(24-16)14(9-22-27)12-8-21-25(4)10-12/h7-10,13H,5-6,11,20H2,1-4H3,(H,23,28)/t13-/m0/s1. The minimum absolute atomic E-state index is 0.00759. The molecule has 154 valence electrons. The van der Waals surface area contributed by atoms with Crippen LogP contribution in [0.15, 0.2) is 24.7 Å². The number of rotatable bonds is 3. The number of nitrogens with zero attached hydrogens (tertiary/aromatic N) is 6. The molecule has 0 aliphatic carbocycles. The molecule has 1 fully saturated rings. The number of nitrogens with one attached hydrogen (secondary N) is 1. The van der Waals surface area contributed by atoms with E-state index in [9.17, 15) is 4.79 Å². The Bertz CT molecular complexity index is 1050. The second-order valence-electron chi connectivity index (χ2n) is 8.31. The van der Waals surface area contributed by atoms with E-state index in [4.69, 9.17) is 15.5 Å². The number of nitrogens with two attached hydrogens (primary N) is 1. The fourth-order valence-electron chi connectivity index (χ4n) is 3.46. The van der Waals surface area contributed by atoms with E-state index in [1.165, 1.54) is 0 Å². The molecule has 0 radical (unpaired) electrons. The largest absolute Gasteiger partial charge is 0.444 e. The number of anilines is 2. The van der Waals surface area contributed by atoms with Crippen molar-refractivity contribution < 1.29 is 9.53 Å². The van der Waals surface area contributed by atoms with Crippen LogP contribution in [0.3, 0.4) is 0 Å². The van der Waals surface area contributed by atoms with Crippen molar-refractivity contribution in [3.05, 3.63) is 24.7 Å². The van der Waals surface area contributed by atoms with Gasteiger partial charge in [-0.3, -0.25) is 4.68 Å². The van der Waals surface area contributed by atoms with Gasteiger partial charge in [-0.15, -0.1) is 0 Å². The number of carbonyl (C=O) groups is 1. The number of fused-ring (bicyclic) bond motifs is 1. The van der Waals surface area contributed by atoms with Gasteiger partial charge < -0.3 is 20.7 Å². The van der Waals surface area contributed by atoms with Crippen molar-refractivity contribution in [3.63, 3.8) is 0 Å². The molecule has 3 aromatic rings. The third-order valence-corrected chi connectivity index (χ3v) is 4.73. The van der Waals surface area contributed by atoms with E-state index in [1.807, 2.05) is 40.1 Å². The van der Waals surface area contributed by atoms with Crippen LogP contribution in [0, 0.1) is 0 Å². The predicted octanol–water partition coefficient (Wildman–Crippen LogP) is 1.82. The number of carbonyl (C=O) groups excluding carboxylic acids is 1. The van der Waals surface area contributed by atoms with Crippen LogP contribution in [0.25, 0.3) is 16.8 Å². The lowest BCUT2D eigenvalue weighted by Crippen LogP contribution is -2.40. The minimum Gasteiger partial charge on any atom is -0.444 e. The van der Waals surface area contributed by atoms with Gasteiger partial charge in [-0.05, 0) is 27.2 Å². The lowest BCUT2D eigenvalue weighted by Gasteiger charge is -2.22. The van der Waals surface area contributed by atoms with Crippen molar-refractivity contribution in [2.45, 2.75) is 38.8 Å². The molecule has 0 bridgehead atoms. The number of ether oxygens (including phenoxy) is 1. The molecule has 3 aromatic heterocycles. The second kappa shape index (κ2) is 6.94. The molecular weight excluding hydrogens is 372 g/mol. The summed E-state index contributed by atoms with van der Waals surface area (Å²) in [5, 5.41) is 11.5. The van der Waals surface area contributed by atoms with E-state index >= 15 is 0 Å². The normalized spacial score (nSPS) is 17.1. The molecule has 0 saturated carbocycles. The molecular formula is C19H26N8O2. The highest BCUT2D eigenvalue weighted by Gasteiger charge is 2.27. The summed E-state index contributed by atoms with van der Waals surface area (Å²) in [5.41, 5.74) is 8.18. The molecule has 1 aliphatic heterocycles. The summed E-state index contributed by atoms with van der Waals surface area (Å²) in [7, 11) is 1.87. The van der Waals surface area contributed by atoms with Gasteiger partial charge in [0.05, 0.1) is 18.4 Å². The molecule has 1 aliphatic rings. The maximum atomic E-state index is 12.0. The van der Waals surface area contributed by atoms with E-state index < -0.39 is 11.7 Å². The van der Waals surface area contributed by atoms with Crippen molar-refractivity contribution in [2.75, 3.05) is 23.7 Å². The highest BCUT2D eigenvalue weighted by Crippen LogP contribution is 2.28. The Morgan fingerprint density at radius 2 is 2.10 bits per heavy atom. The first kappa shape index (κ1) is 19.0. The summed E-state index contributed by atoms with van der Waals surface area (Å²) in [6.07, 6.45) is 5.84. The molecule has 29 heavy (non-hydrogen) atoms. The molecule has 4 rings (SSSR count). The van der Waals surface area contributed by atoms with Gasteiger partial charge in [0.1, 0.15) is 17.2 Å². The Kier molecular flexibility index (Phi) is 4.56. The Morgan fingerprint density at radius 3 is 2.79 bits per heavy atom. The average molecular weight is 398 g/mol. The quantitative estimate of drug-likeness (QED) is 0.691. The van der Waals surface area contributed by atoms with Crippen LogP contribution in [0.1, 0.15) is 27.2 Å². The highest BCUT2D eigenvalue weighted by atomic mass is 16.6. The molecule has 1 atom stereocenters. The summed E-state index contributed by atoms with van der Waals surface area (Å²) in [6.45, 7) is 6.94. The minimum atomic E-state index is -0.520. The third-order valence-electron chi connectivity index (χ3n) is 4.73. The zero-order valence-corrected chi connectivity index (χ0v) is 17.1. The average Bonchev–Trinajstić information content (AvgIpc) is 3.32. The third kappa shape index (κ3) is 3.96. The maximum Gasteiger partial charge on any atom is 0.407 e. The fraction of sp³-hybridized carbons (Fsp3) is 0.474. The fourth-order valence-corrected chi connectivity index (χ4v) is 3.46. The summed E-state index contributed by atoms with van der Waals surface area (Å²) in [6, 6.07) is 1.80. The van der Waals surface area contributed by atoms with Gasteiger partial charge >= 0.3 is 6.09 Å². The van der Waals surface area contributed by atoms with Gasteiger partial charge in [0, 0.05) is 43.5 Å². The maximum absolute atomic E-state index is 12.0. The van der Waals surface area contributed by atoms with Gasteiger partial charge in [0.15, 0.2) is 5.65 Å². The van der Waals surface area contributed by atoms with Crippen LogP contribution in [0.2, 0.25) is 0 Å². The number of hydrogen-bond acceptors (Lipinski definition) is 7. The number of aryl methyl sites for hydroxylation is 1. The summed E-state index contributed by atoms with van der Waals surface area (Å²) < 4.78 is 8.71. The van der Waals surface area contributed by atoms with E-state index in [2.05, 4.69) is 20.4 Å². The van der Waals surface area contributed by atoms with Crippen LogP contribution < -0.4 is 16.0 Å². The molecule has 0 spiro atoms. The Balaban J connectivity index is 1.55. The smallest absolute Gasteiger partial charge is 0.407 e.